The largest absolute Gasteiger partial charge is 0.508 e. The van der Waals surface area contributed by atoms with Gasteiger partial charge in [0.05, 0.1) is 5.56 Å². The summed E-state index contributed by atoms with van der Waals surface area (Å²) in [5.74, 6) is -0.432. The first-order chi connectivity index (χ1) is 6.72. The molecule has 2 aromatic carbocycles. The van der Waals surface area contributed by atoms with Crippen molar-refractivity contribution in [3.8, 4) is 11.8 Å². The van der Waals surface area contributed by atoms with E-state index in [2.05, 4.69) is 0 Å². The van der Waals surface area contributed by atoms with Crippen molar-refractivity contribution in [2.24, 2.45) is 0 Å². The molecule has 0 saturated carbocycles. The van der Waals surface area contributed by atoms with Crippen LogP contribution in [0.4, 0.5) is 4.39 Å². The number of phenols is 1. The van der Waals surface area contributed by atoms with Gasteiger partial charge in [-0.1, -0.05) is 6.07 Å². The van der Waals surface area contributed by atoms with Crippen molar-refractivity contribution in [2.75, 3.05) is 0 Å². The first kappa shape index (κ1) is 8.52. The summed E-state index contributed by atoms with van der Waals surface area (Å²) in [4.78, 5) is 0. The number of fused-ring (bicyclic) bond motifs is 1. The molecule has 68 valence electrons. The van der Waals surface area contributed by atoms with E-state index in [9.17, 15) is 9.50 Å². The molecule has 0 amide bonds. The van der Waals surface area contributed by atoms with Crippen molar-refractivity contribution in [3.63, 3.8) is 0 Å². The van der Waals surface area contributed by atoms with E-state index in [4.69, 9.17) is 5.26 Å². The minimum atomic E-state index is -0.536. The Bertz CT molecular complexity index is 543. The van der Waals surface area contributed by atoms with Crippen LogP contribution in [0, 0.1) is 17.1 Å². The molecule has 0 heterocycles. The van der Waals surface area contributed by atoms with Crippen LogP contribution in [0.25, 0.3) is 10.8 Å². The highest BCUT2D eigenvalue weighted by Gasteiger charge is 2.06. The predicted octanol–water partition coefficient (Wildman–Crippen LogP) is 2.56. The van der Waals surface area contributed by atoms with E-state index in [0.717, 1.165) is 0 Å². The van der Waals surface area contributed by atoms with E-state index in [1.54, 1.807) is 6.07 Å². The van der Waals surface area contributed by atoms with E-state index in [-0.39, 0.29) is 11.3 Å². The van der Waals surface area contributed by atoms with Gasteiger partial charge in [-0.3, -0.25) is 0 Å². The molecule has 0 aliphatic heterocycles. The molecule has 0 bridgehead atoms. The first-order valence-electron chi connectivity index (χ1n) is 4.03. The number of phenolic OH excluding ortho intramolecular Hbond substituents is 1. The van der Waals surface area contributed by atoms with Crippen molar-refractivity contribution in [1.82, 2.24) is 0 Å². The molecule has 0 atom stereocenters. The maximum atomic E-state index is 13.1. The topological polar surface area (TPSA) is 44.0 Å². The van der Waals surface area contributed by atoms with Crippen LogP contribution in [0.5, 0.6) is 5.75 Å². The normalized spacial score (nSPS) is 10.0. The van der Waals surface area contributed by atoms with Crippen LogP contribution in [-0.2, 0) is 0 Å². The highest BCUT2D eigenvalue weighted by atomic mass is 19.1. The summed E-state index contributed by atoms with van der Waals surface area (Å²) < 4.78 is 13.1. The van der Waals surface area contributed by atoms with Gasteiger partial charge in [0.2, 0.25) is 0 Å². The Morgan fingerprint density at radius 3 is 2.71 bits per heavy atom. The predicted molar refractivity (Wildman–Crippen MR) is 50.3 cm³/mol. The van der Waals surface area contributed by atoms with Crippen LogP contribution in [0.2, 0.25) is 0 Å². The second-order valence-electron chi connectivity index (χ2n) is 2.94. The third-order valence-corrected chi connectivity index (χ3v) is 2.06. The molecule has 0 aliphatic rings. The summed E-state index contributed by atoms with van der Waals surface area (Å²) in [6, 6.07) is 9.02. The Labute approximate surface area is 79.8 Å². The van der Waals surface area contributed by atoms with Gasteiger partial charge in [-0.05, 0) is 29.7 Å². The SMILES string of the molecule is N#Cc1c(F)ccc2cc(O)ccc12. The summed E-state index contributed by atoms with van der Waals surface area (Å²) >= 11 is 0. The molecule has 1 N–H and O–H groups in total. The molecule has 2 nitrogen and oxygen atoms in total. The Hall–Kier alpha value is -2.08. The van der Waals surface area contributed by atoms with E-state index in [1.165, 1.54) is 30.3 Å². The molecule has 0 aromatic heterocycles. The van der Waals surface area contributed by atoms with Gasteiger partial charge in [0.25, 0.3) is 0 Å². The lowest BCUT2D eigenvalue weighted by Gasteiger charge is -2.01. The number of benzene rings is 2. The number of aromatic hydroxyl groups is 1. The van der Waals surface area contributed by atoms with Crippen LogP contribution in [0.3, 0.4) is 0 Å². The van der Waals surface area contributed by atoms with E-state index in [1.807, 2.05) is 0 Å². The zero-order valence-corrected chi connectivity index (χ0v) is 7.16. The summed E-state index contributed by atoms with van der Waals surface area (Å²) in [5.41, 5.74) is 0.0162. The molecule has 0 aliphatic carbocycles. The van der Waals surface area contributed by atoms with Gasteiger partial charge in [0, 0.05) is 5.39 Å². The zero-order chi connectivity index (χ0) is 10.1. The molecule has 0 fully saturated rings. The van der Waals surface area contributed by atoms with Crippen LogP contribution in [0.1, 0.15) is 5.56 Å². The highest BCUT2D eigenvalue weighted by Crippen LogP contribution is 2.24. The third kappa shape index (κ3) is 1.17. The van der Waals surface area contributed by atoms with Crippen LogP contribution >= 0.6 is 0 Å². The molecule has 0 spiro atoms. The molecule has 14 heavy (non-hydrogen) atoms. The van der Waals surface area contributed by atoms with Crippen molar-refractivity contribution in [2.45, 2.75) is 0 Å². The van der Waals surface area contributed by atoms with Crippen molar-refractivity contribution < 1.29 is 9.50 Å². The fourth-order valence-electron chi connectivity index (χ4n) is 1.40. The molecule has 2 rings (SSSR count). The number of hydrogen-bond donors (Lipinski definition) is 1. The minimum Gasteiger partial charge on any atom is -0.508 e. The lowest BCUT2D eigenvalue weighted by atomic mass is 10.0. The highest BCUT2D eigenvalue weighted by molar-refractivity contribution is 5.89. The van der Waals surface area contributed by atoms with Gasteiger partial charge in [-0.2, -0.15) is 5.26 Å². The Kier molecular flexibility index (Phi) is 1.83. The number of halogens is 1. The Balaban J connectivity index is 2.90. The maximum absolute atomic E-state index is 13.1. The average molecular weight is 187 g/mol. The number of hydrogen-bond acceptors (Lipinski definition) is 2. The van der Waals surface area contributed by atoms with Crippen molar-refractivity contribution >= 4 is 10.8 Å². The van der Waals surface area contributed by atoms with Crippen LogP contribution in [0.15, 0.2) is 30.3 Å². The van der Waals surface area contributed by atoms with Gasteiger partial charge in [-0.25, -0.2) is 4.39 Å². The maximum Gasteiger partial charge on any atom is 0.141 e. The van der Waals surface area contributed by atoms with E-state index < -0.39 is 5.82 Å². The average Bonchev–Trinajstić information content (AvgIpc) is 2.18. The summed E-state index contributed by atoms with van der Waals surface area (Å²) in [6.45, 7) is 0. The molecular formula is C11H6FNO. The molecule has 0 unspecified atom stereocenters. The molecule has 3 heteroatoms. The van der Waals surface area contributed by atoms with Gasteiger partial charge >= 0.3 is 0 Å². The van der Waals surface area contributed by atoms with Crippen molar-refractivity contribution in [1.29, 1.82) is 5.26 Å². The third-order valence-electron chi connectivity index (χ3n) is 2.06. The minimum absolute atomic E-state index is 0.0162. The molecule has 0 saturated heterocycles. The van der Waals surface area contributed by atoms with E-state index >= 15 is 0 Å². The van der Waals surface area contributed by atoms with Crippen LogP contribution < -0.4 is 0 Å². The second-order valence-corrected chi connectivity index (χ2v) is 2.94. The quantitative estimate of drug-likeness (QED) is 0.688. The Morgan fingerprint density at radius 2 is 2.00 bits per heavy atom. The van der Waals surface area contributed by atoms with Gasteiger partial charge in [0.1, 0.15) is 17.6 Å². The lowest BCUT2D eigenvalue weighted by molar-refractivity contribution is 0.476. The molecule has 0 radical (unpaired) electrons. The first-order valence-corrected chi connectivity index (χ1v) is 4.03. The van der Waals surface area contributed by atoms with Gasteiger partial charge in [-0.15, -0.1) is 0 Å². The van der Waals surface area contributed by atoms with Gasteiger partial charge < -0.3 is 5.11 Å². The number of rotatable bonds is 0. The summed E-state index contributed by atoms with van der Waals surface area (Å²) in [7, 11) is 0. The Morgan fingerprint density at radius 1 is 1.21 bits per heavy atom. The zero-order valence-electron chi connectivity index (χ0n) is 7.16. The van der Waals surface area contributed by atoms with E-state index in [0.29, 0.717) is 10.8 Å². The smallest absolute Gasteiger partial charge is 0.141 e. The standard InChI is InChI=1S/C11H6FNO/c12-11-4-1-7-5-8(14)2-3-9(7)10(11)6-13/h1-5,14H. The summed E-state index contributed by atoms with van der Waals surface area (Å²) in [5, 5.41) is 19.1. The fourth-order valence-corrected chi connectivity index (χ4v) is 1.40. The molecule has 2 aromatic rings. The number of nitriles is 1. The fraction of sp³-hybridized carbons (Fsp3) is 0. The number of nitrogens with zero attached hydrogens (tertiary/aromatic N) is 1. The van der Waals surface area contributed by atoms with Crippen molar-refractivity contribution in [3.05, 3.63) is 41.7 Å². The molecular weight excluding hydrogens is 181 g/mol. The van der Waals surface area contributed by atoms with Crippen LogP contribution in [-0.4, -0.2) is 5.11 Å². The summed E-state index contributed by atoms with van der Waals surface area (Å²) in [6.07, 6.45) is 0. The monoisotopic (exact) mass is 187 g/mol. The second kappa shape index (κ2) is 3.00. The van der Waals surface area contributed by atoms with Gasteiger partial charge in [0.15, 0.2) is 0 Å². The lowest BCUT2D eigenvalue weighted by Crippen LogP contribution is -1.85.